The van der Waals surface area contributed by atoms with Crippen molar-refractivity contribution in [2.75, 3.05) is 19.6 Å². The molecule has 0 fully saturated rings. The smallest absolute Gasteiger partial charge is 0.264 e. The average molecular weight is 392 g/mol. The van der Waals surface area contributed by atoms with E-state index in [-0.39, 0.29) is 17.9 Å². The van der Waals surface area contributed by atoms with Crippen molar-refractivity contribution in [2.24, 2.45) is 0 Å². The maximum atomic E-state index is 13.1. The summed E-state index contributed by atoms with van der Waals surface area (Å²) >= 11 is 0. The van der Waals surface area contributed by atoms with E-state index in [2.05, 4.69) is 4.57 Å². The number of rotatable bonds is 3. The van der Waals surface area contributed by atoms with Crippen molar-refractivity contribution in [3.05, 3.63) is 59.7 Å². The monoisotopic (exact) mass is 392 g/mol. The van der Waals surface area contributed by atoms with Gasteiger partial charge in [0, 0.05) is 38.8 Å². The molecule has 3 aliphatic rings. The fourth-order valence-corrected chi connectivity index (χ4v) is 4.39. The SMILES string of the molecule is C[C@H]1c2nc(CC(=O)N3CC=CC3)cn2CCN1C(=O)[C@H]1Cc2ccccc2O1. The van der Waals surface area contributed by atoms with Gasteiger partial charge in [-0.3, -0.25) is 9.59 Å². The van der Waals surface area contributed by atoms with Crippen LogP contribution in [0.15, 0.2) is 42.6 Å². The molecule has 0 bridgehead atoms. The molecule has 2 atom stereocenters. The molecule has 4 heterocycles. The number of imidazole rings is 1. The van der Waals surface area contributed by atoms with E-state index >= 15 is 0 Å². The number of aromatic nitrogens is 2. The van der Waals surface area contributed by atoms with Gasteiger partial charge in [-0.2, -0.15) is 0 Å². The maximum Gasteiger partial charge on any atom is 0.264 e. The molecule has 150 valence electrons. The van der Waals surface area contributed by atoms with Crippen molar-refractivity contribution in [1.29, 1.82) is 0 Å². The van der Waals surface area contributed by atoms with Gasteiger partial charge in [-0.15, -0.1) is 0 Å². The van der Waals surface area contributed by atoms with Crippen LogP contribution in [0.25, 0.3) is 0 Å². The Labute approximate surface area is 169 Å². The molecule has 5 rings (SSSR count). The molecule has 3 aliphatic heterocycles. The third-order valence-corrected chi connectivity index (χ3v) is 5.99. The highest BCUT2D eigenvalue weighted by Crippen LogP contribution is 2.32. The zero-order valence-corrected chi connectivity index (χ0v) is 16.5. The molecular weight excluding hydrogens is 368 g/mol. The van der Waals surface area contributed by atoms with E-state index in [9.17, 15) is 9.59 Å². The van der Waals surface area contributed by atoms with Crippen LogP contribution >= 0.6 is 0 Å². The molecule has 0 spiro atoms. The Bertz CT molecular complexity index is 963. The van der Waals surface area contributed by atoms with Gasteiger partial charge >= 0.3 is 0 Å². The summed E-state index contributed by atoms with van der Waals surface area (Å²) in [5.41, 5.74) is 1.84. The normalized spacial score (nSPS) is 22.4. The molecule has 0 saturated heterocycles. The molecule has 0 radical (unpaired) electrons. The summed E-state index contributed by atoms with van der Waals surface area (Å²) in [6, 6.07) is 7.66. The predicted molar refractivity (Wildman–Crippen MR) is 106 cm³/mol. The Morgan fingerprint density at radius 3 is 2.76 bits per heavy atom. The second-order valence-corrected chi connectivity index (χ2v) is 7.86. The van der Waals surface area contributed by atoms with Gasteiger partial charge in [-0.1, -0.05) is 30.4 Å². The lowest BCUT2D eigenvalue weighted by atomic mass is 10.1. The summed E-state index contributed by atoms with van der Waals surface area (Å²) in [5.74, 6) is 1.73. The maximum absolute atomic E-state index is 13.1. The average Bonchev–Trinajstić information content (AvgIpc) is 3.46. The molecule has 0 aliphatic carbocycles. The number of para-hydroxylation sites is 1. The number of carbonyl (C=O) groups excluding carboxylic acids is 2. The largest absolute Gasteiger partial charge is 0.480 e. The molecule has 0 unspecified atom stereocenters. The molecule has 2 amide bonds. The Morgan fingerprint density at radius 2 is 1.97 bits per heavy atom. The van der Waals surface area contributed by atoms with Gasteiger partial charge in [-0.25, -0.2) is 4.98 Å². The molecular formula is C22H24N4O3. The van der Waals surface area contributed by atoms with E-state index in [1.165, 1.54) is 0 Å². The summed E-state index contributed by atoms with van der Waals surface area (Å²) in [6.07, 6.45) is 6.40. The van der Waals surface area contributed by atoms with Crippen LogP contribution < -0.4 is 4.74 Å². The summed E-state index contributed by atoms with van der Waals surface area (Å²) in [4.78, 5) is 33.9. The predicted octanol–water partition coefficient (Wildman–Crippen LogP) is 1.73. The van der Waals surface area contributed by atoms with E-state index in [0.717, 1.165) is 22.8 Å². The van der Waals surface area contributed by atoms with E-state index in [0.29, 0.717) is 39.0 Å². The third-order valence-electron chi connectivity index (χ3n) is 5.99. The fraction of sp³-hybridized carbons (Fsp3) is 0.409. The molecule has 29 heavy (non-hydrogen) atoms. The van der Waals surface area contributed by atoms with Crippen LogP contribution in [-0.4, -0.2) is 56.9 Å². The van der Waals surface area contributed by atoms with Crippen molar-refractivity contribution in [2.45, 2.75) is 38.5 Å². The fourth-order valence-electron chi connectivity index (χ4n) is 4.39. The molecule has 2 aromatic rings. The lowest BCUT2D eigenvalue weighted by Gasteiger charge is -2.35. The Morgan fingerprint density at radius 1 is 1.17 bits per heavy atom. The summed E-state index contributed by atoms with van der Waals surface area (Å²) < 4.78 is 7.97. The van der Waals surface area contributed by atoms with Gasteiger partial charge in [0.15, 0.2) is 6.10 Å². The number of benzene rings is 1. The van der Waals surface area contributed by atoms with E-state index in [1.807, 2.05) is 59.3 Å². The summed E-state index contributed by atoms with van der Waals surface area (Å²) in [6.45, 7) is 4.64. The lowest BCUT2D eigenvalue weighted by Crippen LogP contribution is -2.47. The minimum atomic E-state index is -0.472. The molecule has 7 heteroatoms. The Kier molecular flexibility index (Phi) is 4.38. The van der Waals surface area contributed by atoms with Crippen LogP contribution in [0, 0.1) is 0 Å². The molecule has 1 aromatic carbocycles. The highest BCUT2D eigenvalue weighted by atomic mass is 16.5. The first-order chi connectivity index (χ1) is 14.1. The molecule has 0 saturated carbocycles. The van der Waals surface area contributed by atoms with Crippen LogP contribution in [0.5, 0.6) is 5.75 Å². The minimum Gasteiger partial charge on any atom is -0.480 e. The zero-order chi connectivity index (χ0) is 20.0. The van der Waals surface area contributed by atoms with Gasteiger partial charge in [0.1, 0.15) is 11.6 Å². The lowest BCUT2D eigenvalue weighted by molar-refractivity contribution is -0.141. The quantitative estimate of drug-likeness (QED) is 0.746. The van der Waals surface area contributed by atoms with Crippen molar-refractivity contribution in [1.82, 2.24) is 19.4 Å². The van der Waals surface area contributed by atoms with Gasteiger partial charge in [0.25, 0.3) is 5.91 Å². The van der Waals surface area contributed by atoms with Gasteiger partial charge in [-0.05, 0) is 18.6 Å². The van der Waals surface area contributed by atoms with Crippen LogP contribution in [0.3, 0.4) is 0 Å². The van der Waals surface area contributed by atoms with Gasteiger partial charge in [0.05, 0.1) is 18.2 Å². The second kappa shape index (κ2) is 7.06. The highest BCUT2D eigenvalue weighted by Gasteiger charge is 2.37. The number of hydrogen-bond donors (Lipinski definition) is 0. The van der Waals surface area contributed by atoms with Crippen LogP contribution in [0.4, 0.5) is 0 Å². The van der Waals surface area contributed by atoms with Crippen molar-refractivity contribution < 1.29 is 14.3 Å². The van der Waals surface area contributed by atoms with Crippen LogP contribution in [0.1, 0.15) is 30.0 Å². The van der Waals surface area contributed by atoms with E-state index in [1.54, 1.807) is 0 Å². The van der Waals surface area contributed by atoms with E-state index in [4.69, 9.17) is 9.72 Å². The Hall–Kier alpha value is -3.09. The number of nitrogens with zero attached hydrogens (tertiary/aromatic N) is 4. The highest BCUT2D eigenvalue weighted by molar-refractivity contribution is 5.83. The summed E-state index contributed by atoms with van der Waals surface area (Å²) in [5, 5.41) is 0. The van der Waals surface area contributed by atoms with Crippen LogP contribution in [-0.2, 0) is 29.0 Å². The molecule has 7 nitrogen and oxygen atoms in total. The summed E-state index contributed by atoms with van der Waals surface area (Å²) in [7, 11) is 0. The number of ether oxygens (including phenoxy) is 1. The number of fused-ring (bicyclic) bond motifs is 2. The Balaban J connectivity index is 1.28. The first-order valence-corrected chi connectivity index (χ1v) is 10.1. The molecule has 0 N–H and O–H groups in total. The second-order valence-electron chi connectivity index (χ2n) is 7.86. The number of carbonyl (C=O) groups is 2. The van der Waals surface area contributed by atoms with Crippen molar-refractivity contribution in [3.8, 4) is 5.75 Å². The standard InChI is InChI=1S/C22H24N4O3/c1-15-21-23-17(13-20(27)24-8-4-5-9-24)14-25(21)10-11-26(15)22(28)19-12-16-6-2-3-7-18(16)29-19/h2-7,14-15,19H,8-13H2,1H3/t15-,19+/m0/s1. The van der Waals surface area contributed by atoms with Crippen LogP contribution in [0.2, 0.25) is 0 Å². The van der Waals surface area contributed by atoms with E-state index < -0.39 is 6.10 Å². The number of hydrogen-bond acceptors (Lipinski definition) is 4. The topological polar surface area (TPSA) is 67.7 Å². The molecule has 1 aromatic heterocycles. The third kappa shape index (κ3) is 3.20. The van der Waals surface area contributed by atoms with Gasteiger partial charge < -0.3 is 19.1 Å². The minimum absolute atomic E-state index is 0.00344. The van der Waals surface area contributed by atoms with Crippen molar-refractivity contribution in [3.63, 3.8) is 0 Å². The first kappa shape index (κ1) is 18.0. The first-order valence-electron chi connectivity index (χ1n) is 10.1. The van der Waals surface area contributed by atoms with Crippen molar-refractivity contribution >= 4 is 11.8 Å². The number of amides is 2. The zero-order valence-electron chi connectivity index (χ0n) is 16.5. The van der Waals surface area contributed by atoms with Gasteiger partial charge in [0.2, 0.25) is 5.91 Å².